The van der Waals surface area contributed by atoms with E-state index in [0.717, 1.165) is 24.0 Å². The highest BCUT2D eigenvalue weighted by atomic mass is 19.1. The molecule has 0 heterocycles. The Bertz CT molecular complexity index is 336. The fourth-order valence-electron chi connectivity index (χ4n) is 1.73. The predicted octanol–water partition coefficient (Wildman–Crippen LogP) is 1.73. The summed E-state index contributed by atoms with van der Waals surface area (Å²) in [6.07, 6.45) is 2.23. The van der Waals surface area contributed by atoms with Crippen molar-refractivity contribution in [3.05, 3.63) is 35.1 Å². The molecule has 3 heteroatoms. The normalized spacial score (nSPS) is 18.2. The maximum absolute atomic E-state index is 13.0. The van der Waals surface area contributed by atoms with E-state index in [1.165, 1.54) is 12.1 Å². The largest absolute Gasteiger partial charge is 0.392 e. The summed E-state index contributed by atoms with van der Waals surface area (Å²) in [6, 6.07) is 4.28. The summed E-state index contributed by atoms with van der Waals surface area (Å²) in [5.74, 6) is 0.190. The van der Waals surface area contributed by atoms with Crippen molar-refractivity contribution in [2.24, 2.45) is 11.7 Å². The van der Waals surface area contributed by atoms with Gasteiger partial charge in [0.05, 0.1) is 6.61 Å². The number of hydrogen-bond donors (Lipinski definition) is 2. The van der Waals surface area contributed by atoms with Crippen LogP contribution in [-0.2, 0) is 6.61 Å². The van der Waals surface area contributed by atoms with Crippen LogP contribution in [0.1, 0.15) is 30.0 Å². The standard InChI is InChI=1S/C11H14FNO/c12-9-4-3-8(6-14)10(5-9)11(13)7-1-2-7/h3-5,7,11,14H,1-2,6,13H2/t11-/m0/s1. The third-order valence-corrected chi connectivity index (χ3v) is 2.77. The quantitative estimate of drug-likeness (QED) is 0.771. The maximum atomic E-state index is 13.0. The lowest BCUT2D eigenvalue weighted by atomic mass is 9.98. The highest BCUT2D eigenvalue weighted by Crippen LogP contribution is 2.40. The second-order valence-corrected chi connectivity index (χ2v) is 3.86. The van der Waals surface area contributed by atoms with Crippen LogP contribution in [0, 0.1) is 11.7 Å². The van der Waals surface area contributed by atoms with E-state index in [0.29, 0.717) is 5.92 Å². The predicted molar refractivity (Wildman–Crippen MR) is 52.0 cm³/mol. The van der Waals surface area contributed by atoms with E-state index in [9.17, 15) is 4.39 Å². The summed E-state index contributed by atoms with van der Waals surface area (Å²) >= 11 is 0. The van der Waals surface area contributed by atoms with Crippen molar-refractivity contribution in [1.82, 2.24) is 0 Å². The number of rotatable bonds is 3. The fraction of sp³-hybridized carbons (Fsp3) is 0.455. The molecule has 1 aliphatic carbocycles. The molecule has 0 unspecified atom stereocenters. The van der Waals surface area contributed by atoms with Gasteiger partial charge < -0.3 is 10.8 Å². The molecule has 0 aliphatic heterocycles. The Balaban J connectivity index is 2.32. The first-order valence-corrected chi connectivity index (χ1v) is 4.87. The minimum absolute atomic E-state index is 0.0734. The Morgan fingerprint density at radius 2 is 2.21 bits per heavy atom. The Morgan fingerprint density at radius 3 is 2.79 bits per heavy atom. The molecule has 76 valence electrons. The third-order valence-electron chi connectivity index (χ3n) is 2.77. The minimum atomic E-state index is -0.284. The van der Waals surface area contributed by atoms with Gasteiger partial charge in [0.25, 0.3) is 0 Å². The average Bonchev–Trinajstić information content (AvgIpc) is 3.00. The monoisotopic (exact) mass is 195 g/mol. The number of aliphatic hydroxyl groups is 1. The fourth-order valence-corrected chi connectivity index (χ4v) is 1.73. The van der Waals surface area contributed by atoms with Crippen LogP contribution in [0.4, 0.5) is 4.39 Å². The highest BCUT2D eigenvalue weighted by molar-refractivity contribution is 5.31. The van der Waals surface area contributed by atoms with Crippen molar-refractivity contribution in [3.63, 3.8) is 0 Å². The molecule has 1 aliphatic rings. The van der Waals surface area contributed by atoms with E-state index in [2.05, 4.69) is 0 Å². The van der Waals surface area contributed by atoms with Crippen LogP contribution in [0.2, 0.25) is 0 Å². The van der Waals surface area contributed by atoms with Gasteiger partial charge in [-0.3, -0.25) is 0 Å². The van der Waals surface area contributed by atoms with Crippen LogP contribution in [0.15, 0.2) is 18.2 Å². The summed E-state index contributed by atoms with van der Waals surface area (Å²) in [5.41, 5.74) is 7.47. The molecule has 1 aromatic carbocycles. The van der Waals surface area contributed by atoms with E-state index in [1.807, 2.05) is 0 Å². The highest BCUT2D eigenvalue weighted by Gasteiger charge is 2.30. The Labute approximate surface area is 82.5 Å². The van der Waals surface area contributed by atoms with Crippen molar-refractivity contribution in [3.8, 4) is 0 Å². The van der Waals surface area contributed by atoms with Crippen LogP contribution < -0.4 is 5.73 Å². The molecule has 1 fully saturated rings. The summed E-state index contributed by atoms with van der Waals surface area (Å²) in [6.45, 7) is -0.0734. The van der Waals surface area contributed by atoms with Crippen molar-refractivity contribution in [2.45, 2.75) is 25.5 Å². The van der Waals surface area contributed by atoms with Crippen LogP contribution in [0.5, 0.6) is 0 Å². The summed E-state index contributed by atoms with van der Waals surface area (Å²) in [4.78, 5) is 0. The Hall–Kier alpha value is -0.930. The SMILES string of the molecule is N[C@H](c1cc(F)ccc1CO)C1CC1. The lowest BCUT2D eigenvalue weighted by Crippen LogP contribution is -2.15. The van der Waals surface area contributed by atoms with E-state index in [-0.39, 0.29) is 18.5 Å². The van der Waals surface area contributed by atoms with Crippen molar-refractivity contribution >= 4 is 0 Å². The molecule has 0 saturated heterocycles. The second-order valence-electron chi connectivity index (χ2n) is 3.86. The molecule has 0 radical (unpaired) electrons. The molecule has 1 saturated carbocycles. The number of aliphatic hydroxyl groups excluding tert-OH is 1. The summed E-state index contributed by atoms with van der Waals surface area (Å²) in [5, 5.41) is 9.08. The van der Waals surface area contributed by atoms with Crippen molar-refractivity contribution in [1.29, 1.82) is 0 Å². The molecular formula is C11H14FNO. The van der Waals surface area contributed by atoms with Gasteiger partial charge in [0.1, 0.15) is 5.82 Å². The second kappa shape index (κ2) is 3.67. The smallest absolute Gasteiger partial charge is 0.123 e. The molecule has 0 amide bonds. The van der Waals surface area contributed by atoms with Gasteiger partial charge in [-0.05, 0) is 42.0 Å². The van der Waals surface area contributed by atoms with Gasteiger partial charge in [-0.15, -0.1) is 0 Å². The summed E-state index contributed by atoms with van der Waals surface area (Å²) in [7, 11) is 0. The molecule has 2 rings (SSSR count). The number of benzene rings is 1. The van der Waals surface area contributed by atoms with Crippen LogP contribution in [0.3, 0.4) is 0 Å². The van der Waals surface area contributed by atoms with Gasteiger partial charge in [-0.2, -0.15) is 0 Å². The van der Waals surface area contributed by atoms with E-state index < -0.39 is 0 Å². The molecule has 3 N–H and O–H groups in total. The molecule has 1 atom stereocenters. The number of nitrogens with two attached hydrogens (primary N) is 1. The first kappa shape index (κ1) is 9.62. The third kappa shape index (κ3) is 1.79. The zero-order chi connectivity index (χ0) is 10.1. The van der Waals surface area contributed by atoms with E-state index >= 15 is 0 Å². The molecule has 1 aromatic rings. The van der Waals surface area contributed by atoms with Gasteiger partial charge in [0, 0.05) is 6.04 Å². The van der Waals surface area contributed by atoms with Crippen LogP contribution >= 0.6 is 0 Å². The molecule has 0 spiro atoms. The van der Waals surface area contributed by atoms with Gasteiger partial charge in [-0.1, -0.05) is 6.07 Å². The molecule has 2 nitrogen and oxygen atoms in total. The molecule has 0 bridgehead atoms. The lowest BCUT2D eigenvalue weighted by molar-refractivity contribution is 0.279. The van der Waals surface area contributed by atoms with Gasteiger partial charge in [-0.25, -0.2) is 4.39 Å². The molecular weight excluding hydrogens is 181 g/mol. The zero-order valence-corrected chi connectivity index (χ0v) is 7.91. The van der Waals surface area contributed by atoms with E-state index in [4.69, 9.17) is 10.8 Å². The number of halogens is 1. The summed E-state index contributed by atoms with van der Waals surface area (Å²) < 4.78 is 13.0. The molecule has 0 aromatic heterocycles. The van der Waals surface area contributed by atoms with Crippen molar-refractivity contribution < 1.29 is 9.50 Å². The van der Waals surface area contributed by atoms with Gasteiger partial charge >= 0.3 is 0 Å². The minimum Gasteiger partial charge on any atom is -0.392 e. The first-order chi connectivity index (χ1) is 6.72. The van der Waals surface area contributed by atoms with Gasteiger partial charge in [0.15, 0.2) is 0 Å². The lowest BCUT2D eigenvalue weighted by Gasteiger charge is -2.14. The zero-order valence-electron chi connectivity index (χ0n) is 7.91. The van der Waals surface area contributed by atoms with Crippen molar-refractivity contribution in [2.75, 3.05) is 0 Å². The van der Waals surface area contributed by atoms with Gasteiger partial charge in [0.2, 0.25) is 0 Å². The first-order valence-electron chi connectivity index (χ1n) is 4.87. The number of hydrogen-bond acceptors (Lipinski definition) is 2. The maximum Gasteiger partial charge on any atom is 0.123 e. The topological polar surface area (TPSA) is 46.2 Å². The Kier molecular flexibility index (Phi) is 2.52. The molecule has 14 heavy (non-hydrogen) atoms. The average molecular weight is 195 g/mol. The Morgan fingerprint density at radius 1 is 1.50 bits per heavy atom. The van der Waals surface area contributed by atoms with E-state index in [1.54, 1.807) is 6.07 Å². The van der Waals surface area contributed by atoms with Crippen LogP contribution in [0.25, 0.3) is 0 Å². The van der Waals surface area contributed by atoms with Crippen LogP contribution in [-0.4, -0.2) is 5.11 Å².